The van der Waals surface area contributed by atoms with Crippen molar-refractivity contribution in [1.29, 1.82) is 0 Å². The summed E-state index contributed by atoms with van der Waals surface area (Å²) >= 11 is 0. The van der Waals surface area contributed by atoms with Crippen LogP contribution < -0.4 is 5.73 Å². The molecule has 0 bridgehead atoms. The lowest BCUT2D eigenvalue weighted by Crippen LogP contribution is -2.44. The van der Waals surface area contributed by atoms with E-state index in [9.17, 15) is 4.79 Å². The molecule has 2 nitrogen and oxygen atoms in total. The Bertz CT molecular complexity index is 152. The van der Waals surface area contributed by atoms with Crippen molar-refractivity contribution < 1.29 is 4.79 Å². The standard InChI is InChI=1S/C10H19NO/c1-4-5-6-7-9(2)10(3,11)8-12/h4,8-9H,1,5-7,11H2,2-3H3. The molecule has 12 heavy (non-hydrogen) atoms. The molecule has 0 fully saturated rings. The SMILES string of the molecule is C=CCCCC(C)C(C)(N)C=O. The van der Waals surface area contributed by atoms with E-state index in [2.05, 4.69) is 6.58 Å². The van der Waals surface area contributed by atoms with E-state index in [0.717, 1.165) is 25.5 Å². The van der Waals surface area contributed by atoms with Crippen LogP contribution in [0.2, 0.25) is 0 Å². The largest absolute Gasteiger partial charge is 0.319 e. The maximum absolute atomic E-state index is 10.6. The first-order chi connectivity index (χ1) is 5.54. The van der Waals surface area contributed by atoms with E-state index in [1.54, 1.807) is 6.92 Å². The van der Waals surface area contributed by atoms with Crippen molar-refractivity contribution >= 4 is 6.29 Å². The number of allylic oxidation sites excluding steroid dienone is 1. The molecule has 0 amide bonds. The predicted octanol–water partition coefficient (Wildman–Crippen LogP) is 1.90. The van der Waals surface area contributed by atoms with Crippen LogP contribution in [0, 0.1) is 5.92 Å². The molecule has 0 aromatic heterocycles. The van der Waals surface area contributed by atoms with Crippen molar-refractivity contribution in [3.63, 3.8) is 0 Å². The fraction of sp³-hybridized carbons (Fsp3) is 0.700. The summed E-state index contributed by atoms with van der Waals surface area (Å²) in [7, 11) is 0. The topological polar surface area (TPSA) is 43.1 Å². The van der Waals surface area contributed by atoms with Crippen LogP contribution in [-0.2, 0) is 4.79 Å². The number of nitrogens with two attached hydrogens (primary N) is 1. The Morgan fingerprint density at radius 1 is 1.67 bits per heavy atom. The summed E-state index contributed by atoms with van der Waals surface area (Å²) in [4.78, 5) is 10.6. The summed E-state index contributed by atoms with van der Waals surface area (Å²) in [5.74, 6) is 0.245. The summed E-state index contributed by atoms with van der Waals surface area (Å²) < 4.78 is 0. The second-order valence-corrected chi connectivity index (χ2v) is 3.60. The lowest BCUT2D eigenvalue weighted by atomic mass is 9.86. The van der Waals surface area contributed by atoms with Crippen LogP contribution in [-0.4, -0.2) is 11.8 Å². The fourth-order valence-electron chi connectivity index (χ4n) is 0.996. The molecule has 2 heteroatoms. The van der Waals surface area contributed by atoms with Gasteiger partial charge in [-0.25, -0.2) is 0 Å². The van der Waals surface area contributed by atoms with E-state index in [0.29, 0.717) is 0 Å². The van der Waals surface area contributed by atoms with Crippen LogP contribution in [0.3, 0.4) is 0 Å². The number of carbonyl (C=O) groups is 1. The maximum atomic E-state index is 10.6. The highest BCUT2D eigenvalue weighted by atomic mass is 16.1. The van der Waals surface area contributed by atoms with Gasteiger partial charge >= 0.3 is 0 Å². The molecule has 2 unspecified atom stereocenters. The van der Waals surface area contributed by atoms with E-state index in [-0.39, 0.29) is 5.92 Å². The van der Waals surface area contributed by atoms with E-state index in [1.165, 1.54) is 0 Å². The minimum Gasteiger partial charge on any atom is -0.319 e. The average Bonchev–Trinajstić information content (AvgIpc) is 2.05. The molecule has 0 aromatic rings. The van der Waals surface area contributed by atoms with Gasteiger partial charge in [-0.2, -0.15) is 0 Å². The summed E-state index contributed by atoms with van der Waals surface area (Å²) in [6, 6.07) is 0. The molecule has 0 aromatic carbocycles. The Labute approximate surface area is 74.8 Å². The molecule has 2 N–H and O–H groups in total. The van der Waals surface area contributed by atoms with Crippen LogP contribution in [0.5, 0.6) is 0 Å². The molecular formula is C10H19NO. The molecule has 0 saturated carbocycles. The van der Waals surface area contributed by atoms with Gasteiger partial charge < -0.3 is 10.5 Å². The van der Waals surface area contributed by atoms with Gasteiger partial charge in [0.25, 0.3) is 0 Å². The zero-order valence-electron chi connectivity index (χ0n) is 8.05. The van der Waals surface area contributed by atoms with Crippen LogP contribution in [0.1, 0.15) is 33.1 Å². The molecular weight excluding hydrogens is 150 g/mol. The van der Waals surface area contributed by atoms with Crippen molar-refractivity contribution in [3.05, 3.63) is 12.7 Å². The first-order valence-electron chi connectivity index (χ1n) is 4.40. The minimum absolute atomic E-state index is 0.245. The normalized spacial score (nSPS) is 17.9. The lowest BCUT2D eigenvalue weighted by molar-refractivity contribution is -0.113. The Kier molecular flexibility index (Phi) is 4.83. The molecule has 0 aliphatic rings. The highest BCUT2D eigenvalue weighted by molar-refractivity contribution is 5.63. The Morgan fingerprint density at radius 2 is 2.25 bits per heavy atom. The summed E-state index contributed by atoms with van der Waals surface area (Å²) in [6.07, 6.45) is 5.77. The second kappa shape index (κ2) is 5.09. The van der Waals surface area contributed by atoms with Crippen LogP contribution in [0.25, 0.3) is 0 Å². The van der Waals surface area contributed by atoms with Gasteiger partial charge in [-0.1, -0.05) is 13.0 Å². The summed E-state index contributed by atoms with van der Waals surface area (Å²) in [5, 5.41) is 0. The zero-order chi connectivity index (χ0) is 9.61. The third kappa shape index (κ3) is 3.67. The highest BCUT2D eigenvalue weighted by Crippen LogP contribution is 2.18. The second-order valence-electron chi connectivity index (χ2n) is 3.60. The van der Waals surface area contributed by atoms with Gasteiger partial charge in [-0.3, -0.25) is 0 Å². The van der Waals surface area contributed by atoms with E-state index in [1.807, 2.05) is 13.0 Å². The number of hydrogen-bond donors (Lipinski definition) is 1. The first-order valence-corrected chi connectivity index (χ1v) is 4.40. The zero-order valence-corrected chi connectivity index (χ0v) is 8.05. The number of rotatable bonds is 6. The summed E-state index contributed by atoms with van der Waals surface area (Å²) in [6.45, 7) is 7.43. The molecule has 0 spiro atoms. The number of hydrogen-bond acceptors (Lipinski definition) is 2. The van der Waals surface area contributed by atoms with E-state index >= 15 is 0 Å². The number of carbonyl (C=O) groups excluding carboxylic acids is 1. The molecule has 70 valence electrons. The maximum Gasteiger partial charge on any atom is 0.139 e. The quantitative estimate of drug-likeness (QED) is 0.375. The average molecular weight is 169 g/mol. The Balaban J connectivity index is 3.77. The van der Waals surface area contributed by atoms with Gasteiger partial charge in [0, 0.05) is 0 Å². The monoisotopic (exact) mass is 169 g/mol. The molecule has 0 rings (SSSR count). The van der Waals surface area contributed by atoms with Crippen molar-refractivity contribution in [2.24, 2.45) is 11.7 Å². The molecule has 2 atom stereocenters. The lowest BCUT2D eigenvalue weighted by Gasteiger charge is -2.25. The third-order valence-electron chi connectivity index (χ3n) is 2.36. The van der Waals surface area contributed by atoms with Crippen molar-refractivity contribution in [2.75, 3.05) is 0 Å². The first kappa shape index (κ1) is 11.4. The third-order valence-corrected chi connectivity index (χ3v) is 2.36. The summed E-state index contributed by atoms with van der Waals surface area (Å²) in [5.41, 5.74) is 5.08. The number of unbranched alkanes of at least 4 members (excludes halogenated alkanes) is 1. The molecule has 0 aliphatic carbocycles. The van der Waals surface area contributed by atoms with Crippen molar-refractivity contribution in [2.45, 2.75) is 38.6 Å². The fourth-order valence-corrected chi connectivity index (χ4v) is 0.996. The van der Waals surface area contributed by atoms with E-state index in [4.69, 9.17) is 5.73 Å². The number of aldehydes is 1. The molecule has 0 radical (unpaired) electrons. The van der Waals surface area contributed by atoms with Gasteiger partial charge in [0.1, 0.15) is 6.29 Å². The van der Waals surface area contributed by atoms with Crippen molar-refractivity contribution in [1.82, 2.24) is 0 Å². The molecule has 0 heterocycles. The van der Waals surface area contributed by atoms with Crippen LogP contribution in [0.4, 0.5) is 0 Å². The Hall–Kier alpha value is -0.630. The smallest absolute Gasteiger partial charge is 0.139 e. The van der Waals surface area contributed by atoms with E-state index < -0.39 is 5.54 Å². The van der Waals surface area contributed by atoms with Gasteiger partial charge in [0.15, 0.2) is 0 Å². The van der Waals surface area contributed by atoms with Crippen LogP contribution in [0.15, 0.2) is 12.7 Å². The predicted molar refractivity (Wildman–Crippen MR) is 51.9 cm³/mol. The molecule has 0 aliphatic heterocycles. The Morgan fingerprint density at radius 3 is 2.67 bits per heavy atom. The van der Waals surface area contributed by atoms with Crippen molar-refractivity contribution in [3.8, 4) is 0 Å². The van der Waals surface area contributed by atoms with Gasteiger partial charge in [-0.05, 0) is 32.1 Å². The molecule has 0 saturated heterocycles. The highest BCUT2D eigenvalue weighted by Gasteiger charge is 2.24. The van der Waals surface area contributed by atoms with Gasteiger partial charge in [-0.15, -0.1) is 6.58 Å². The minimum atomic E-state index is -0.666. The van der Waals surface area contributed by atoms with Gasteiger partial charge in [0.2, 0.25) is 0 Å². The van der Waals surface area contributed by atoms with Crippen LogP contribution >= 0.6 is 0 Å². The van der Waals surface area contributed by atoms with Gasteiger partial charge in [0.05, 0.1) is 5.54 Å².